The van der Waals surface area contributed by atoms with Crippen LogP contribution >= 0.6 is 0 Å². The molecule has 1 N–H and O–H groups in total. The van der Waals surface area contributed by atoms with E-state index in [4.69, 9.17) is 0 Å². The number of hydrogen-bond acceptors (Lipinski definition) is 3. The van der Waals surface area contributed by atoms with Crippen LogP contribution < -0.4 is 4.72 Å². The van der Waals surface area contributed by atoms with Crippen molar-refractivity contribution in [3.63, 3.8) is 0 Å². The molecular formula is C11H20N4O2S. The lowest BCUT2D eigenvalue weighted by molar-refractivity contribution is 0.342. The van der Waals surface area contributed by atoms with Crippen molar-refractivity contribution in [2.45, 2.75) is 25.7 Å². The molecule has 0 aromatic carbocycles. The van der Waals surface area contributed by atoms with E-state index < -0.39 is 10.2 Å². The zero-order chi connectivity index (χ0) is 13.0. The van der Waals surface area contributed by atoms with Gasteiger partial charge in [0, 0.05) is 32.9 Å². The molecular weight excluding hydrogens is 252 g/mol. The van der Waals surface area contributed by atoms with Crippen LogP contribution in [-0.4, -0.2) is 42.1 Å². The minimum absolute atomic E-state index is 0.421. The number of rotatable bonds is 5. The third kappa shape index (κ3) is 3.54. The summed E-state index contributed by atoms with van der Waals surface area (Å²) in [5.74, 6) is 0. The fourth-order valence-corrected chi connectivity index (χ4v) is 3.40. The predicted molar refractivity (Wildman–Crippen MR) is 69.3 cm³/mol. The highest BCUT2D eigenvalue weighted by Crippen LogP contribution is 2.11. The maximum atomic E-state index is 12.0. The summed E-state index contributed by atoms with van der Waals surface area (Å²) in [5, 5.41) is 4.05. The molecule has 1 aliphatic rings. The minimum Gasteiger partial charge on any atom is -0.276 e. The van der Waals surface area contributed by atoms with Gasteiger partial charge in [-0.3, -0.25) is 4.68 Å². The van der Waals surface area contributed by atoms with Crippen LogP contribution in [0.25, 0.3) is 0 Å². The molecule has 102 valence electrons. The molecule has 2 rings (SSSR count). The third-order valence-electron chi connectivity index (χ3n) is 3.11. The Morgan fingerprint density at radius 2 is 2.06 bits per heavy atom. The summed E-state index contributed by atoms with van der Waals surface area (Å²) in [7, 11) is -1.44. The highest BCUT2D eigenvalue weighted by Gasteiger charge is 2.22. The second-order valence-electron chi connectivity index (χ2n) is 4.63. The van der Waals surface area contributed by atoms with Gasteiger partial charge < -0.3 is 0 Å². The molecule has 6 nitrogen and oxygen atoms in total. The zero-order valence-electron chi connectivity index (χ0n) is 10.7. The van der Waals surface area contributed by atoms with E-state index in [9.17, 15) is 8.42 Å². The van der Waals surface area contributed by atoms with Crippen molar-refractivity contribution in [1.82, 2.24) is 18.8 Å². The smallest absolute Gasteiger partial charge is 0.276 e. The Hall–Kier alpha value is -0.920. The van der Waals surface area contributed by atoms with Gasteiger partial charge in [0.05, 0.1) is 6.20 Å². The lowest BCUT2D eigenvalue weighted by Crippen LogP contribution is -2.43. The van der Waals surface area contributed by atoms with E-state index in [1.807, 2.05) is 13.2 Å². The van der Waals surface area contributed by atoms with Gasteiger partial charge in [-0.25, -0.2) is 4.72 Å². The quantitative estimate of drug-likeness (QED) is 0.837. The molecule has 18 heavy (non-hydrogen) atoms. The van der Waals surface area contributed by atoms with Crippen molar-refractivity contribution in [3.05, 3.63) is 18.0 Å². The van der Waals surface area contributed by atoms with E-state index in [2.05, 4.69) is 9.82 Å². The first-order valence-electron chi connectivity index (χ1n) is 6.30. The highest BCUT2D eigenvalue weighted by atomic mass is 32.2. The molecule has 0 saturated carbocycles. The Morgan fingerprint density at radius 1 is 1.33 bits per heavy atom. The normalized spacial score (nSPS) is 18.1. The fraction of sp³-hybridized carbons (Fsp3) is 0.727. The summed E-state index contributed by atoms with van der Waals surface area (Å²) in [6.07, 6.45) is 7.38. The number of aromatic nitrogens is 2. The summed E-state index contributed by atoms with van der Waals surface area (Å²) < 4.78 is 29.9. The molecule has 1 aliphatic heterocycles. The van der Waals surface area contributed by atoms with E-state index in [-0.39, 0.29) is 0 Å². The van der Waals surface area contributed by atoms with Crippen LogP contribution in [0.5, 0.6) is 0 Å². The molecule has 0 aliphatic carbocycles. The lowest BCUT2D eigenvalue weighted by atomic mass is 10.2. The monoisotopic (exact) mass is 272 g/mol. The van der Waals surface area contributed by atoms with E-state index in [1.54, 1.807) is 15.2 Å². The van der Waals surface area contributed by atoms with Crippen molar-refractivity contribution < 1.29 is 8.42 Å². The van der Waals surface area contributed by atoms with Gasteiger partial charge in [0.25, 0.3) is 10.2 Å². The first-order valence-corrected chi connectivity index (χ1v) is 7.74. The molecule has 0 atom stereocenters. The average molecular weight is 272 g/mol. The van der Waals surface area contributed by atoms with E-state index in [0.29, 0.717) is 26.1 Å². The largest absolute Gasteiger partial charge is 0.279 e. The van der Waals surface area contributed by atoms with Gasteiger partial charge in [-0.05, 0) is 24.8 Å². The summed E-state index contributed by atoms with van der Waals surface area (Å²) in [5.41, 5.74) is 1.04. The Bertz CT molecular complexity index is 477. The van der Waals surface area contributed by atoms with Gasteiger partial charge in [0.1, 0.15) is 0 Å². The van der Waals surface area contributed by atoms with E-state index in [0.717, 1.165) is 24.8 Å². The average Bonchev–Trinajstić information content (AvgIpc) is 2.76. The number of hydrogen-bond donors (Lipinski definition) is 1. The Labute approximate surface area is 108 Å². The lowest BCUT2D eigenvalue weighted by Gasteiger charge is -2.25. The second-order valence-corrected chi connectivity index (χ2v) is 6.39. The van der Waals surface area contributed by atoms with Crippen molar-refractivity contribution in [1.29, 1.82) is 0 Å². The van der Waals surface area contributed by atoms with Gasteiger partial charge in [-0.15, -0.1) is 0 Å². The topological polar surface area (TPSA) is 67.2 Å². The van der Waals surface area contributed by atoms with Gasteiger partial charge in [-0.2, -0.15) is 17.8 Å². The number of aryl methyl sites for hydroxylation is 1. The fourth-order valence-electron chi connectivity index (χ4n) is 2.12. The molecule has 0 unspecified atom stereocenters. The van der Waals surface area contributed by atoms with Crippen LogP contribution in [0, 0.1) is 0 Å². The molecule has 0 radical (unpaired) electrons. The summed E-state index contributed by atoms with van der Waals surface area (Å²) in [4.78, 5) is 0. The van der Waals surface area contributed by atoms with Crippen LogP contribution in [0.3, 0.4) is 0 Å². The molecule has 0 amide bonds. The Kier molecular flexibility index (Phi) is 4.36. The minimum atomic E-state index is -3.29. The Balaban J connectivity index is 1.81. The molecule has 1 fully saturated rings. The number of nitrogens with zero attached hydrogens (tertiary/aromatic N) is 3. The highest BCUT2D eigenvalue weighted by molar-refractivity contribution is 7.87. The van der Waals surface area contributed by atoms with Crippen molar-refractivity contribution in [2.75, 3.05) is 19.6 Å². The first kappa shape index (κ1) is 13.5. The van der Waals surface area contributed by atoms with Crippen LogP contribution in [0.2, 0.25) is 0 Å². The van der Waals surface area contributed by atoms with Gasteiger partial charge in [0.2, 0.25) is 0 Å². The molecule has 0 spiro atoms. The Morgan fingerprint density at radius 3 is 2.67 bits per heavy atom. The summed E-state index contributed by atoms with van der Waals surface area (Å²) in [6, 6.07) is 0. The van der Waals surface area contributed by atoms with E-state index >= 15 is 0 Å². The standard InChI is InChI=1S/C11H20N4O2S/c1-14-10-11(9-12-14)5-6-13-18(16,17)15-7-3-2-4-8-15/h9-10,13H,2-8H2,1H3. The molecule has 7 heteroatoms. The summed E-state index contributed by atoms with van der Waals surface area (Å²) >= 11 is 0. The SMILES string of the molecule is Cn1cc(CCNS(=O)(=O)N2CCCCC2)cn1. The van der Waals surface area contributed by atoms with Crippen molar-refractivity contribution in [3.8, 4) is 0 Å². The number of piperidine rings is 1. The van der Waals surface area contributed by atoms with Crippen molar-refractivity contribution >= 4 is 10.2 Å². The van der Waals surface area contributed by atoms with Gasteiger partial charge in [-0.1, -0.05) is 6.42 Å². The molecule has 1 aromatic heterocycles. The van der Waals surface area contributed by atoms with E-state index in [1.165, 1.54) is 0 Å². The molecule has 1 saturated heterocycles. The maximum absolute atomic E-state index is 12.0. The van der Waals surface area contributed by atoms with Crippen LogP contribution in [0.4, 0.5) is 0 Å². The zero-order valence-corrected chi connectivity index (χ0v) is 11.5. The van der Waals surface area contributed by atoms with Gasteiger partial charge >= 0.3 is 0 Å². The first-order chi connectivity index (χ1) is 8.58. The van der Waals surface area contributed by atoms with Crippen LogP contribution in [-0.2, 0) is 23.7 Å². The predicted octanol–water partition coefficient (Wildman–Crippen LogP) is 0.283. The third-order valence-corrected chi connectivity index (χ3v) is 4.73. The molecule has 1 aromatic rings. The van der Waals surface area contributed by atoms with Crippen molar-refractivity contribution in [2.24, 2.45) is 7.05 Å². The van der Waals surface area contributed by atoms with Crippen LogP contribution in [0.15, 0.2) is 12.4 Å². The van der Waals surface area contributed by atoms with Gasteiger partial charge in [0.15, 0.2) is 0 Å². The maximum Gasteiger partial charge on any atom is 0.279 e. The summed E-state index contributed by atoms with van der Waals surface area (Å²) in [6.45, 7) is 1.70. The molecule has 2 heterocycles. The second kappa shape index (κ2) is 5.81. The molecule has 0 bridgehead atoms. The van der Waals surface area contributed by atoms with Crippen LogP contribution in [0.1, 0.15) is 24.8 Å². The number of nitrogens with one attached hydrogen (secondary N) is 1.